The summed E-state index contributed by atoms with van der Waals surface area (Å²) in [6.45, 7) is 0. The van der Waals surface area contributed by atoms with Crippen molar-refractivity contribution in [3.63, 3.8) is 0 Å². The predicted octanol–water partition coefficient (Wildman–Crippen LogP) is 1.22. The van der Waals surface area contributed by atoms with Crippen molar-refractivity contribution in [3.05, 3.63) is 23.3 Å². The predicted molar refractivity (Wildman–Crippen MR) is 85.6 cm³/mol. The van der Waals surface area contributed by atoms with Crippen LogP contribution >= 0.6 is 23.1 Å². The number of nitrogens with one attached hydrogen (secondary N) is 1. The minimum absolute atomic E-state index is 0.337. The molecule has 0 aliphatic heterocycles. The Labute approximate surface area is 128 Å². The van der Waals surface area contributed by atoms with E-state index in [-0.39, 0.29) is 0 Å². The Hall–Kier alpha value is -2.17. The van der Waals surface area contributed by atoms with Crippen molar-refractivity contribution in [3.8, 4) is 0 Å². The molecule has 0 fully saturated rings. The van der Waals surface area contributed by atoms with E-state index >= 15 is 0 Å². The number of hydrogen-bond acceptors (Lipinski definition) is 10. The number of thiophene rings is 1. The lowest BCUT2D eigenvalue weighted by Gasteiger charge is -2.05. The monoisotopic (exact) mass is 320 g/mol. The van der Waals surface area contributed by atoms with E-state index in [1.54, 1.807) is 0 Å². The van der Waals surface area contributed by atoms with Gasteiger partial charge in [0.05, 0.1) is 11.1 Å². The summed E-state index contributed by atoms with van der Waals surface area (Å²) < 4.78 is 0. The zero-order chi connectivity index (χ0) is 14.8. The summed E-state index contributed by atoms with van der Waals surface area (Å²) in [6, 6.07) is 3.43. The molecule has 0 saturated carbocycles. The third-order valence-corrected chi connectivity index (χ3v) is 4.23. The van der Waals surface area contributed by atoms with Gasteiger partial charge in [-0.3, -0.25) is 0 Å². The number of rotatable bonds is 4. The van der Waals surface area contributed by atoms with Crippen LogP contribution in [0.15, 0.2) is 22.7 Å². The van der Waals surface area contributed by atoms with Crippen molar-refractivity contribution in [2.24, 2.45) is 5.84 Å². The second-order valence-corrected chi connectivity index (χ2v) is 5.90. The van der Waals surface area contributed by atoms with Crippen molar-refractivity contribution in [2.45, 2.75) is 10.9 Å². The fourth-order valence-electron chi connectivity index (χ4n) is 1.73. The highest BCUT2D eigenvalue weighted by Gasteiger charge is 2.09. The Bertz CT molecular complexity index is 767. The lowest BCUT2D eigenvalue weighted by molar-refractivity contribution is 0.977. The summed E-state index contributed by atoms with van der Waals surface area (Å²) in [6.07, 6.45) is 0. The van der Waals surface area contributed by atoms with Crippen LogP contribution < -0.4 is 22.7 Å². The third kappa shape index (κ3) is 2.96. The second-order valence-electron chi connectivity index (χ2n) is 4.06. The van der Waals surface area contributed by atoms with Crippen LogP contribution in [0.1, 0.15) is 5.82 Å². The zero-order valence-corrected chi connectivity index (χ0v) is 12.4. The summed E-state index contributed by atoms with van der Waals surface area (Å²) in [4.78, 5) is 17.9. The molecule has 108 valence electrons. The van der Waals surface area contributed by atoms with Gasteiger partial charge in [-0.05, 0) is 11.4 Å². The maximum Gasteiger partial charge on any atom is 0.191 e. The number of hydrogen-bond donors (Lipinski definition) is 4. The first-order chi connectivity index (χ1) is 10.2. The highest BCUT2D eigenvalue weighted by Crippen LogP contribution is 2.26. The number of thioether (sulfide) groups is 1. The standard InChI is InChI=1S/C11H12N8S2/c12-6-3-7(13)16-11(15-6)21-4-8-17-9(19-14)5-1-2-20-10(5)18-8/h1-3H,4,14H2,(H,17,18,19)(H4,12,13,15,16). The summed E-state index contributed by atoms with van der Waals surface area (Å²) in [7, 11) is 0. The molecule has 0 bridgehead atoms. The molecule has 7 N–H and O–H groups in total. The zero-order valence-electron chi connectivity index (χ0n) is 10.8. The maximum absolute atomic E-state index is 5.63. The average Bonchev–Trinajstić information content (AvgIpc) is 2.91. The van der Waals surface area contributed by atoms with Crippen molar-refractivity contribution in [2.75, 3.05) is 16.9 Å². The van der Waals surface area contributed by atoms with Gasteiger partial charge in [0.2, 0.25) is 0 Å². The summed E-state index contributed by atoms with van der Waals surface area (Å²) in [5, 5.41) is 3.34. The molecule has 3 aromatic rings. The number of aromatic nitrogens is 4. The molecule has 0 aliphatic carbocycles. The molecule has 3 heterocycles. The van der Waals surface area contributed by atoms with Gasteiger partial charge in [0.25, 0.3) is 0 Å². The Balaban J connectivity index is 1.84. The van der Waals surface area contributed by atoms with Crippen molar-refractivity contribution in [1.82, 2.24) is 19.9 Å². The molecular formula is C11H12N8S2. The minimum atomic E-state index is 0.337. The summed E-state index contributed by atoms with van der Waals surface area (Å²) in [5.74, 6) is 7.89. The van der Waals surface area contributed by atoms with Crippen molar-refractivity contribution < 1.29 is 0 Å². The van der Waals surface area contributed by atoms with E-state index in [1.807, 2.05) is 11.4 Å². The van der Waals surface area contributed by atoms with E-state index in [2.05, 4.69) is 25.4 Å². The van der Waals surface area contributed by atoms with E-state index in [9.17, 15) is 0 Å². The van der Waals surface area contributed by atoms with Gasteiger partial charge in [-0.2, -0.15) is 0 Å². The highest BCUT2D eigenvalue weighted by molar-refractivity contribution is 7.98. The molecule has 0 saturated heterocycles. The number of nitrogens with two attached hydrogens (primary N) is 3. The molecule has 3 rings (SSSR count). The Morgan fingerprint density at radius 2 is 1.90 bits per heavy atom. The molecule has 0 radical (unpaired) electrons. The first-order valence-electron chi connectivity index (χ1n) is 5.89. The lowest BCUT2D eigenvalue weighted by Crippen LogP contribution is -2.10. The number of fused-ring (bicyclic) bond motifs is 1. The normalized spacial score (nSPS) is 10.9. The molecule has 0 unspecified atom stereocenters. The molecule has 0 aromatic carbocycles. The minimum Gasteiger partial charge on any atom is -0.383 e. The van der Waals surface area contributed by atoms with Crippen molar-refractivity contribution in [1.29, 1.82) is 0 Å². The van der Waals surface area contributed by atoms with Crippen LogP contribution in [0.5, 0.6) is 0 Å². The largest absolute Gasteiger partial charge is 0.383 e. The van der Waals surface area contributed by atoms with E-state index in [0.717, 1.165) is 10.2 Å². The van der Waals surface area contributed by atoms with E-state index < -0.39 is 0 Å². The van der Waals surface area contributed by atoms with Gasteiger partial charge in [-0.15, -0.1) is 11.3 Å². The van der Waals surface area contributed by atoms with Crippen LogP contribution in [0.25, 0.3) is 10.2 Å². The molecule has 21 heavy (non-hydrogen) atoms. The quantitative estimate of drug-likeness (QED) is 0.241. The van der Waals surface area contributed by atoms with Crippen molar-refractivity contribution >= 4 is 50.8 Å². The van der Waals surface area contributed by atoms with Gasteiger partial charge < -0.3 is 16.9 Å². The van der Waals surface area contributed by atoms with E-state index in [4.69, 9.17) is 17.3 Å². The molecule has 0 atom stereocenters. The number of anilines is 3. The van der Waals surface area contributed by atoms with Crippen LogP contribution in [0.4, 0.5) is 17.5 Å². The third-order valence-electron chi connectivity index (χ3n) is 2.58. The molecule has 8 nitrogen and oxygen atoms in total. The molecule has 10 heteroatoms. The fraction of sp³-hybridized carbons (Fsp3) is 0.0909. The fourth-order valence-corrected chi connectivity index (χ4v) is 3.24. The topological polar surface area (TPSA) is 142 Å². The van der Waals surface area contributed by atoms with E-state index in [0.29, 0.717) is 34.2 Å². The Morgan fingerprint density at radius 1 is 1.14 bits per heavy atom. The van der Waals surface area contributed by atoms with Gasteiger partial charge >= 0.3 is 0 Å². The van der Waals surface area contributed by atoms with Crippen LogP contribution in [-0.2, 0) is 5.75 Å². The van der Waals surface area contributed by atoms with Gasteiger partial charge in [-0.25, -0.2) is 25.8 Å². The average molecular weight is 320 g/mol. The Kier molecular flexibility index (Phi) is 3.73. The molecular weight excluding hydrogens is 308 g/mol. The van der Waals surface area contributed by atoms with Gasteiger partial charge in [0.15, 0.2) is 11.0 Å². The maximum atomic E-state index is 5.63. The van der Waals surface area contributed by atoms with Gasteiger partial charge in [-0.1, -0.05) is 11.8 Å². The smallest absolute Gasteiger partial charge is 0.191 e. The lowest BCUT2D eigenvalue weighted by atomic mass is 10.4. The molecule has 0 spiro atoms. The second kappa shape index (κ2) is 5.68. The number of nitrogens with zero attached hydrogens (tertiary/aromatic N) is 4. The van der Waals surface area contributed by atoms with Gasteiger partial charge in [0.1, 0.15) is 22.3 Å². The number of hydrazine groups is 1. The highest BCUT2D eigenvalue weighted by atomic mass is 32.2. The summed E-state index contributed by atoms with van der Waals surface area (Å²) >= 11 is 2.89. The molecule has 3 aromatic heterocycles. The van der Waals surface area contributed by atoms with Gasteiger partial charge in [0, 0.05) is 6.07 Å². The van der Waals surface area contributed by atoms with Crippen LogP contribution in [0.2, 0.25) is 0 Å². The van der Waals surface area contributed by atoms with Crippen LogP contribution in [0, 0.1) is 0 Å². The molecule has 0 amide bonds. The summed E-state index contributed by atoms with van der Waals surface area (Å²) in [5.41, 5.74) is 13.9. The molecule has 0 aliphatic rings. The van der Waals surface area contributed by atoms with E-state index in [1.165, 1.54) is 29.2 Å². The SMILES string of the molecule is NNc1nc(CSc2nc(N)cc(N)n2)nc2sccc12. The van der Waals surface area contributed by atoms with Crippen LogP contribution in [-0.4, -0.2) is 19.9 Å². The number of nitrogen functional groups attached to an aromatic ring is 3. The first kappa shape index (κ1) is 13.8. The first-order valence-corrected chi connectivity index (χ1v) is 7.76. The van der Waals surface area contributed by atoms with Crippen LogP contribution in [0.3, 0.4) is 0 Å². The Morgan fingerprint density at radius 3 is 2.62 bits per heavy atom.